The van der Waals surface area contributed by atoms with Crippen molar-refractivity contribution in [2.45, 2.75) is 32.4 Å². The fourth-order valence-electron chi connectivity index (χ4n) is 2.85. The van der Waals surface area contributed by atoms with Crippen molar-refractivity contribution >= 4 is 11.7 Å². The molecule has 3 rings (SSSR count). The van der Waals surface area contributed by atoms with Gasteiger partial charge in [-0.05, 0) is 44.0 Å². The number of aliphatic hydroxyl groups excluding tert-OH is 1. The summed E-state index contributed by atoms with van der Waals surface area (Å²) in [4.78, 5) is 18.6. The van der Waals surface area contributed by atoms with Gasteiger partial charge in [-0.15, -0.1) is 0 Å². The van der Waals surface area contributed by atoms with Crippen molar-refractivity contribution in [1.29, 1.82) is 0 Å². The van der Waals surface area contributed by atoms with Crippen LogP contribution in [0.2, 0.25) is 0 Å². The molecule has 1 aliphatic rings. The van der Waals surface area contributed by atoms with E-state index in [9.17, 15) is 9.90 Å². The lowest BCUT2D eigenvalue weighted by molar-refractivity contribution is 0.0672. The fourth-order valence-corrected chi connectivity index (χ4v) is 2.85. The third-order valence-corrected chi connectivity index (χ3v) is 4.06. The van der Waals surface area contributed by atoms with Gasteiger partial charge in [-0.2, -0.15) is 0 Å². The molecule has 0 radical (unpaired) electrons. The Morgan fingerprint density at radius 2 is 2.30 bits per heavy atom. The smallest absolute Gasteiger partial charge is 0.272 e. The SMILES string of the molecule is Cc1ccc(CNc2cccc(C(=O)N3CCCC3CO)n2)o1. The highest BCUT2D eigenvalue weighted by atomic mass is 16.3. The summed E-state index contributed by atoms with van der Waals surface area (Å²) in [5, 5.41) is 12.5. The van der Waals surface area contributed by atoms with Crippen LogP contribution < -0.4 is 5.32 Å². The van der Waals surface area contributed by atoms with E-state index in [1.54, 1.807) is 17.0 Å². The molecule has 0 saturated carbocycles. The Hall–Kier alpha value is -2.34. The number of aryl methyl sites for hydroxylation is 1. The monoisotopic (exact) mass is 315 g/mol. The Morgan fingerprint density at radius 1 is 1.43 bits per heavy atom. The maximum Gasteiger partial charge on any atom is 0.272 e. The number of amides is 1. The second-order valence-corrected chi connectivity index (χ2v) is 5.75. The van der Waals surface area contributed by atoms with E-state index >= 15 is 0 Å². The van der Waals surface area contributed by atoms with Crippen LogP contribution in [0.25, 0.3) is 0 Å². The van der Waals surface area contributed by atoms with Gasteiger partial charge in [0.1, 0.15) is 23.0 Å². The number of aromatic nitrogens is 1. The average molecular weight is 315 g/mol. The molecule has 2 aromatic heterocycles. The molecule has 0 aromatic carbocycles. The molecule has 1 amide bonds. The average Bonchev–Trinajstić information content (AvgIpc) is 3.21. The van der Waals surface area contributed by atoms with Crippen LogP contribution in [0.15, 0.2) is 34.7 Å². The minimum atomic E-state index is -0.126. The maximum atomic E-state index is 12.6. The highest BCUT2D eigenvalue weighted by Gasteiger charge is 2.29. The first-order chi connectivity index (χ1) is 11.2. The zero-order chi connectivity index (χ0) is 16.2. The molecule has 0 bridgehead atoms. The summed E-state index contributed by atoms with van der Waals surface area (Å²) >= 11 is 0. The van der Waals surface area contributed by atoms with E-state index in [-0.39, 0.29) is 18.6 Å². The van der Waals surface area contributed by atoms with Gasteiger partial charge < -0.3 is 19.7 Å². The minimum absolute atomic E-state index is 0.00151. The highest BCUT2D eigenvalue weighted by molar-refractivity contribution is 5.93. The number of furan rings is 1. The van der Waals surface area contributed by atoms with E-state index in [0.717, 1.165) is 24.4 Å². The molecule has 23 heavy (non-hydrogen) atoms. The number of hydrogen-bond donors (Lipinski definition) is 2. The molecule has 6 heteroatoms. The van der Waals surface area contributed by atoms with Crippen LogP contribution >= 0.6 is 0 Å². The van der Waals surface area contributed by atoms with Gasteiger partial charge in [-0.3, -0.25) is 4.79 Å². The van der Waals surface area contributed by atoms with Crippen molar-refractivity contribution in [2.24, 2.45) is 0 Å². The predicted molar refractivity (Wildman–Crippen MR) is 86.2 cm³/mol. The van der Waals surface area contributed by atoms with Gasteiger partial charge in [0, 0.05) is 6.54 Å². The third-order valence-electron chi connectivity index (χ3n) is 4.06. The van der Waals surface area contributed by atoms with Crippen molar-refractivity contribution in [3.8, 4) is 0 Å². The van der Waals surface area contributed by atoms with E-state index in [2.05, 4.69) is 10.3 Å². The lowest BCUT2D eigenvalue weighted by atomic mass is 10.2. The van der Waals surface area contributed by atoms with Gasteiger partial charge in [0.2, 0.25) is 0 Å². The van der Waals surface area contributed by atoms with E-state index in [1.807, 2.05) is 25.1 Å². The van der Waals surface area contributed by atoms with Crippen LogP contribution in [-0.4, -0.2) is 40.1 Å². The molecule has 2 aromatic rings. The Bertz CT molecular complexity index is 683. The van der Waals surface area contributed by atoms with Crippen molar-refractivity contribution in [2.75, 3.05) is 18.5 Å². The van der Waals surface area contributed by atoms with E-state index in [4.69, 9.17) is 4.42 Å². The standard InChI is InChI=1S/C17H21N3O3/c1-12-7-8-14(23-12)10-18-16-6-2-5-15(19-16)17(22)20-9-3-4-13(20)11-21/h2,5-8,13,21H,3-4,9-11H2,1H3,(H,18,19). The number of hydrogen-bond acceptors (Lipinski definition) is 5. The molecule has 1 atom stereocenters. The summed E-state index contributed by atoms with van der Waals surface area (Å²) in [6.07, 6.45) is 1.77. The molecular formula is C17H21N3O3. The second kappa shape index (κ2) is 6.83. The normalized spacial score (nSPS) is 17.5. The zero-order valence-electron chi connectivity index (χ0n) is 13.2. The summed E-state index contributed by atoms with van der Waals surface area (Å²) < 4.78 is 5.50. The lowest BCUT2D eigenvalue weighted by Gasteiger charge is -2.22. The van der Waals surface area contributed by atoms with Gasteiger partial charge in [0.25, 0.3) is 5.91 Å². The summed E-state index contributed by atoms with van der Waals surface area (Å²) in [6.45, 7) is 3.09. The molecule has 6 nitrogen and oxygen atoms in total. The van der Waals surface area contributed by atoms with Crippen molar-refractivity contribution in [1.82, 2.24) is 9.88 Å². The van der Waals surface area contributed by atoms with E-state index in [0.29, 0.717) is 24.6 Å². The molecule has 2 N–H and O–H groups in total. The summed E-state index contributed by atoms with van der Waals surface area (Å²) in [5.74, 6) is 2.19. The summed E-state index contributed by atoms with van der Waals surface area (Å²) in [6, 6.07) is 9.06. The quantitative estimate of drug-likeness (QED) is 0.884. The Labute approximate surface area is 135 Å². The first-order valence-corrected chi connectivity index (χ1v) is 7.85. The minimum Gasteiger partial charge on any atom is -0.465 e. The predicted octanol–water partition coefficient (Wildman–Crippen LogP) is 2.19. The number of anilines is 1. The Balaban J connectivity index is 1.68. The van der Waals surface area contributed by atoms with Crippen LogP contribution in [0.4, 0.5) is 5.82 Å². The summed E-state index contributed by atoms with van der Waals surface area (Å²) in [7, 11) is 0. The first-order valence-electron chi connectivity index (χ1n) is 7.85. The second-order valence-electron chi connectivity index (χ2n) is 5.75. The molecule has 3 heterocycles. The van der Waals surface area contributed by atoms with Gasteiger partial charge in [-0.1, -0.05) is 6.07 Å². The topological polar surface area (TPSA) is 78.6 Å². The number of carbonyl (C=O) groups is 1. The number of rotatable bonds is 5. The first kappa shape index (κ1) is 15.6. The van der Waals surface area contributed by atoms with Gasteiger partial charge in [0.15, 0.2) is 0 Å². The zero-order valence-corrected chi connectivity index (χ0v) is 13.2. The van der Waals surface area contributed by atoms with E-state index < -0.39 is 0 Å². The Morgan fingerprint density at radius 3 is 3.04 bits per heavy atom. The molecule has 1 unspecified atom stereocenters. The fraction of sp³-hybridized carbons (Fsp3) is 0.412. The Kier molecular flexibility index (Phi) is 4.62. The summed E-state index contributed by atoms with van der Waals surface area (Å²) in [5.41, 5.74) is 0.394. The van der Waals surface area contributed by atoms with Crippen molar-refractivity contribution in [3.63, 3.8) is 0 Å². The third kappa shape index (κ3) is 3.53. The molecule has 0 spiro atoms. The number of nitrogens with one attached hydrogen (secondary N) is 1. The van der Waals surface area contributed by atoms with Gasteiger partial charge in [0.05, 0.1) is 19.2 Å². The van der Waals surface area contributed by atoms with Crippen molar-refractivity contribution < 1.29 is 14.3 Å². The van der Waals surface area contributed by atoms with Crippen LogP contribution in [-0.2, 0) is 6.54 Å². The number of aliphatic hydroxyl groups is 1. The molecule has 1 saturated heterocycles. The number of carbonyl (C=O) groups excluding carboxylic acids is 1. The van der Waals surface area contributed by atoms with Crippen LogP contribution in [0.1, 0.15) is 34.9 Å². The maximum absolute atomic E-state index is 12.6. The number of pyridine rings is 1. The van der Waals surface area contributed by atoms with Gasteiger partial charge >= 0.3 is 0 Å². The van der Waals surface area contributed by atoms with E-state index in [1.165, 1.54) is 0 Å². The van der Waals surface area contributed by atoms with Crippen LogP contribution in [0, 0.1) is 6.92 Å². The molecule has 1 aliphatic heterocycles. The number of nitrogens with zero attached hydrogens (tertiary/aromatic N) is 2. The highest BCUT2D eigenvalue weighted by Crippen LogP contribution is 2.20. The molecular weight excluding hydrogens is 294 g/mol. The molecule has 1 fully saturated rings. The molecule has 122 valence electrons. The number of likely N-dealkylation sites (tertiary alicyclic amines) is 1. The van der Waals surface area contributed by atoms with Crippen LogP contribution in [0.5, 0.6) is 0 Å². The largest absolute Gasteiger partial charge is 0.465 e. The lowest BCUT2D eigenvalue weighted by Crippen LogP contribution is -2.38. The van der Waals surface area contributed by atoms with Crippen molar-refractivity contribution in [3.05, 3.63) is 47.5 Å². The van der Waals surface area contributed by atoms with Crippen LogP contribution in [0.3, 0.4) is 0 Å². The molecule has 0 aliphatic carbocycles. The van der Waals surface area contributed by atoms with Gasteiger partial charge in [-0.25, -0.2) is 4.98 Å².